The van der Waals surface area contributed by atoms with Gasteiger partial charge in [0.15, 0.2) is 0 Å². The van der Waals surface area contributed by atoms with E-state index in [0.717, 1.165) is 0 Å². The molecule has 0 fully saturated rings. The molecule has 0 bridgehead atoms. The van der Waals surface area contributed by atoms with Crippen LogP contribution in [0.4, 0.5) is 0 Å². The first-order valence-electron chi connectivity index (χ1n) is 1.00. The first kappa shape index (κ1) is 8.84. The van der Waals surface area contributed by atoms with Crippen LogP contribution in [0.3, 0.4) is 0 Å². The molecule has 26 valence electrons. The van der Waals surface area contributed by atoms with E-state index >= 15 is 0 Å². The van der Waals surface area contributed by atoms with Gasteiger partial charge in [-0.1, -0.05) is 7.43 Å². The summed E-state index contributed by atoms with van der Waals surface area (Å²) in [6.45, 7) is 0. The van der Waals surface area contributed by atoms with Crippen LogP contribution in [0.2, 0.25) is 9.88 Å². The van der Waals surface area contributed by atoms with E-state index in [0.29, 0.717) is 0 Å². The van der Waals surface area contributed by atoms with E-state index in [1.807, 2.05) is 0 Å². The predicted octanol–water partition coefficient (Wildman–Crippen LogP) is 1.42. The molecule has 2 radical (unpaired) electrons. The van der Waals surface area contributed by atoms with Gasteiger partial charge in [0.2, 0.25) is 0 Å². The van der Waals surface area contributed by atoms with E-state index in [1.165, 1.54) is 0 Å². The van der Waals surface area contributed by atoms with Crippen molar-refractivity contribution < 1.29 is 0 Å². The van der Waals surface area contributed by atoms with Gasteiger partial charge in [-0.05, 0) is 0 Å². The molecule has 0 aromatic rings. The fraction of sp³-hybridized carbons (Fsp3) is 1.00. The standard InChI is InChI=1S/CH4.2CH3.Sn/h1H4;2*1H3;. The summed E-state index contributed by atoms with van der Waals surface area (Å²) < 4.78 is 0. The van der Waals surface area contributed by atoms with Crippen molar-refractivity contribution in [2.75, 3.05) is 0 Å². The molecule has 0 aliphatic heterocycles. The Balaban J connectivity index is 0. The molecule has 0 rings (SSSR count). The molecule has 0 N–H and O–H groups in total. The Labute approximate surface area is 38.8 Å². The topological polar surface area (TPSA) is 0 Å². The molecule has 0 amide bonds. The molecule has 0 saturated carbocycles. The molecule has 0 aromatic carbocycles. The number of hydrogen-bond acceptors (Lipinski definition) is 0. The second kappa shape index (κ2) is 9.20. The molecular weight excluding hydrogens is 155 g/mol. The van der Waals surface area contributed by atoms with Crippen LogP contribution in [0.1, 0.15) is 7.43 Å². The molecule has 0 nitrogen and oxygen atoms in total. The van der Waals surface area contributed by atoms with Crippen LogP contribution in [0.5, 0.6) is 0 Å². The summed E-state index contributed by atoms with van der Waals surface area (Å²) in [5.74, 6) is 0. The van der Waals surface area contributed by atoms with Crippen LogP contribution in [0, 0.1) is 0 Å². The van der Waals surface area contributed by atoms with E-state index in [-0.39, 0.29) is 28.6 Å². The molecule has 4 heavy (non-hydrogen) atoms. The van der Waals surface area contributed by atoms with Gasteiger partial charge in [-0.15, -0.1) is 0 Å². The Morgan fingerprint density at radius 2 is 1.25 bits per heavy atom. The second-order valence-electron chi connectivity index (χ2n) is 0.500. The van der Waals surface area contributed by atoms with Gasteiger partial charge in [0.05, 0.1) is 0 Å². The SMILES string of the molecule is C.[CH3][Sn][CH3]. The quantitative estimate of drug-likeness (QED) is 0.476. The zero-order chi connectivity index (χ0) is 2.71. The Hall–Kier alpha value is 0.799. The molecule has 0 atom stereocenters. The van der Waals surface area contributed by atoms with Gasteiger partial charge in [-0.25, -0.2) is 0 Å². The van der Waals surface area contributed by atoms with Gasteiger partial charge in [-0.2, -0.15) is 0 Å². The Morgan fingerprint density at radius 1 is 1.25 bits per heavy atom. The fourth-order valence-corrected chi connectivity index (χ4v) is 0. The van der Waals surface area contributed by atoms with Crippen molar-refractivity contribution in [3.63, 3.8) is 0 Å². The minimum atomic E-state index is 0. The van der Waals surface area contributed by atoms with Gasteiger partial charge in [0.25, 0.3) is 0 Å². The van der Waals surface area contributed by atoms with Crippen molar-refractivity contribution in [2.24, 2.45) is 0 Å². The molecule has 0 aliphatic carbocycles. The van der Waals surface area contributed by atoms with Crippen molar-refractivity contribution in [1.29, 1.82) is 0 Å². The van der Waals surface area contributed by atoms with Crippen molar-refractivity contribution >= 4 is 21.1 Å². The van der Waals surface area contributed by atoms with Crippen LogP contribution in [-0.2, 0) is 0 Å². The zero-order valence-electron chi connectivity index (χ0n) is 2.50. The van der Waals surface area contributed by atoms with E-state index in [1.54, 1.807) is 0 Å². The summed E-state index contributed by atoms with van der Waals surface area (Å²) in [6.07, 6.45) is 0. The molecule has 0 aromatic heterocycles. The molecule has 0 aliphatic rings. The van der Waals surface area contributed by atoms with Gasteiger partial charge >= 0.3 is 31.0 Å². The third kappa shape index (κ3) is 14.2. The van der Waals surface area contributed by atoms with Crippen molar-refractivity contribution in [3.8, 4) is 0 Å². The number of rotatable bonds is 0. The van der Waals surface area contributed by atoms with Crippen LogP contribution in [0.25, 0.3) is 0 Å². The van der Waals surface area contributed by atoms with Gasteiger partial charge in [0, 0.05) is 0 Å². The predicted molar refractivity (Wildman–Crippen MR) is 24.2 cm³/mol. The summed E-state index contributed by atoms with van der Waals surface area (Å²) in [5.41, 5.74) is 0. The van der Waals surface area contributed by atoms with E-state index in [9.17, 15) is 0 Å². The number of hydrogen-bond donors (Lipinski definition) is 0. The summed E-state index contributed by atoms with van der Waals surface area (Å²) in [5, 5.41) is 0. The minimum absolute atomic E-state index is 0. The second-order valence-corrected chi connectivity index (χ2v) is 3.35. The normalized spacial score (nSPS) is 4.50. The van der Waals surface area contributed by atoms with Gasteiger partial charge < -0.3 is 0 Å². The fourth-order valence-electron chi connectivity index (χ4n) is 0. The van der Waals surface area contributed by atoms with Crippen LogP contribution in [0.15, 0.2) is 0 Å². The average Bonchev–Trinajstić information content (AvgIpc) is 0.918. The monoisotopic (exact) mass is 166 g/mol. The van der Waals surface area contributed by atoms with E-state index in [4.69, 9.17) is 0 Å². The van der Waals surface area contributed by atoms with Crippen LogP contribution < -0.4 is 0 Å². The zero-order valence-corrected chi connectivity index (χ0v) is 5.35. The van der Waals surface area contributed by atoms with E-state index < -0.39 is 0 Å². The first-order valence-corrected chi connectivity index (χ1v) is 6.71. The molecular formula is C3H10Sn. The Morgan fingerprint density at radius 3 is 1.25 bits per heavy atom. The maximum atomic E-state index is 2.30. The molecule has 0 unspecified atom stereocenters. The summed E-state index contributed by atoms with van der Waals surface area (Å²) >= 11 is 0.230. The molecule has 0 spiro atoms. The van der Waals surface area contributed by atoms with Crippen LogP contribution in [-0.4, -0.2) is 21.1 Å². The summed E-state index contributed by atoms with van der Waals surface area (Å²) in [7, 11) is 0. The summed E-state index contributed by atoms with van der Waals surface area (Å²) in [4.78, 5) is 4.59. The Kier molecular flexibility index (Phi) is 20.3. The van der Waals surface area contributed by atoms with Crippen molar-refractivity contribution in [2.45, 2.75) is 17.3 Å². The maximum absolute atomic E-state index is 2.30. The molecule has 0 heterocycles. The third-order valence-corrected chi connectivity index (χ3v) is 0. The van der Waals surface area contributed by atoms with E-state index in [2.05, 4.69) is 9.88 Å². The first-order chi connectivity index (χ1) is 1.41. The summed E-state index contributed by atoms with van der Waals surface area (Å²) in [6, 6.07) is 0. The Bertz CT molecular complexity index is 3.25. The third-order valence-electron chi connectivity index (χ3n) is 0. The van der Waals surface area contributed by atoms with Gasteiger partial charge in [-0.3, -0.25) is 0 Å². The van der Waals surface area contributed by atoms with Crippen LogP contribution >= 0.6 is 0 Å². The van der Waals surface area contributed by atoms with Crippen molar-refractivity contribution in [3.05, 3.63) is 0 Å². The van der Waals surface area contributed by atoms with Gasteiger partial charge in [0.1, 0.15) is 0 Å². The molecule has 1 heteroatoms. The average molecular weight is 165 g/mol. The van der Waals surface area contributed by atoms with Crippen molar-refractivity contribution in [1.82, 2.24) is 0 Å². The molecule has 0 saturated heterocycles.